The molecule has 7 heteroatoms. The van der Waals surface area contributed by atoms with Crippen molar-refractivity contribution in [3.63, 3.8) is 0 Å². The van der Waals surface area contributed by atoms with Crippen LogP contribution in [0.4, 0.5) is 19.3 Å². The number of nitrogens with zero attached hydrogens (tertiary/aromatic N) is 2. The smallest absolute Gasteiger partial charge is 0.322 e. The normalized spacial score (nSPS) is 27.4. The van der Waals surface area contributed by atoms with Crippen LogP contribution < -0.4 is 5.32 Å². The van der Waals surface area contributed by atoms with Crippen LogP contribution in [0.1, 0.15) is 31.2 Å². The van der Waals surface area contributed by atoms with E-state index >= 15 is 0 Å². The molecular formula is C19H19F2N3O2. The second-order valence-electron chi connectivity index (χ2n) is 7.03. The first-order chi connectivity index (χ1) is 12.5. The molecule has 1 aromatic carbocycles. The maximum atomic E-state index is 13.8. The molecule has 2 atom stereocenters. The van der Waals surface area contributed by atoms with E-state index in [0.717, 1.165) is 30.5 Å². The van der Waals surface area contributed by atoms with E-state index in [1.54, 1.807) is 23.4 Å². The second kappa shape index (κ2) is 6.32. The van der Waals surface area contributed by atoms with Crippen molar-refractivity contribution < 1.29 is 18.7 Å². The number of aliphatic hydroxyl groups is 1. The second-order valence-corrected chi connectivity index (χ2v) is 7.03. The molecule has 3 heterocycles. The Kier molecular flexibility index (Phi) is 4.11. The number of aromatic nitrogens is 1. The van der Waals surface area contributed by atoms with Gasteiger partial charge in [0.15, 0.2) is 0 Å². The number of pyridine rings is 1. The maximum Gasteiger partial charge on any atom is 0.322 e. The first-order valence-corrected chi connectivity index (χ1v) is 8.63. The van der Waals surface area contributed by atoms with Crippen molar-refractivity contribution in [1.29, 1.82) is 0 Å². The van der Waals surface area contributed by atoms with Crippen molar-refractivity contribution in [1.82, 2.24) is 9.88 Å². The van der Waals surface area contributed by atoms with Crippen molar-refractivity contribution >= 4 is 11.7 Å². The number of hydrogen-bond donors (Lipinski definition) is 2. The summed E-state index contributed by atoms with van der Waals surface area (Å²) in [7, 11) is 0. The minimum Gasteiger partial charge on any atom is -0.385 e. The predicted octanol–water partition coefficient (Wildman–Crippen LogP) is 3.41. The zero-order chi connectivity index (χ0) is 18.3. The predicted molar refractivity (Wildman–Crippen MR) is 91.4 cm³/mol. The van der Waals surface area contributed by atoms with Crippen LogP contribution in [0, 0.1) is 11.6 Å². The first-order valence-electron chi connectivity index (χ1n) is 8.63. The monoisotopic (exact) mass is 359 g/mol. The lowest BCUT2D eigenvalue weighted by Gasteiger charge is -2.43. The molecule has 0 spiro atoms. The topological polar surface area (TPSA) is 65.5 Å². The summed E-state index contributed by atoms with van der Waals surface area (Å²) in [6, 6.07) is 5.98. The molecule has 2 amide bonds. The number of hydrogen-bond acceptors (Lipinski definition) is 3. The number of halogens is 2. The Bertz CT molecular complexity index is 817. The van der Waals surface area contributed by atoms with Crippen LogP contribution in [0.5, 0.6) is 0 Å². The molecule has 2 N–H and O–H groups in total. The number of carbonyl (C=O) groups is 1. The Morgan fingerprint density at radius 1 is 1.23 bits per heavy atom. The highest BCUT2D eigenvalue weighted by atomic mass is 19.1. The van der Waals surface area contributed by atoms with Gasteiger partial charge in [0.2, 0.25) is 0 Å². The van der Waals surface area contributed by atoms with Gasteiger partial charge in [-0.2, -0.15) is 0 Å². The quantitative estimate of drug-likeness (QED) is 0.864. The van der Waals surface area contributed by atoms with Gasteiger partial charge in [0.25, 0.3) is 0 Å². The van der Waals surface area contributed by atoms with Crippen LogP contribution in [0.15, 0.2) is 42.7 Å². The van der Waals surface area contributed by atoms with Crippen LogP contribution in [0.2, 0.25) is 0 Å². The van der Waals surface area contributed by atoms with E-state index in [2.05, 4.69) is 10.3 Å². The summed E-state index contributed by atoms with van der Waals surface area (Å²) >= 11 is 0. The van der Waals surface area contributed by atoms with E-state index in [4.69, 9.17) is 0 Å². The van der Waals surface area contributed by atoms with Crippen molar-refractivity contribution in [2.45, 2.75) is 43.4 Å². The fraction of sp³-hybridized carbons (Fsp3) is 0.368. The molecule has 0 radical (unpaired) electrons. The molecule has 2 aliphatic rings. The minimum absolute atomic E-state index is 0.0519. The largest absolute Gasteiger partial charge is 0.385 e. The molecule has 0 aliphatic carbocycles. The third kappa shape index (κ3) is 2.92. The number of carbonyl (C=O) groups excluding carboxylic acids is 1. The summed E-state index contributed by atoms with van der Waals surface area (Å²) in [5.41, 5.74) is -0.316. The standard InChI is InChI=1S/C19H19F2N3O2/c20-13-3-6-17(16(21)8-13)23-18(25)24-14-4-5-15(24)10-19(26,9-14)12-2-1-7-22-11-12/h1-3,6-8,11,14-15,26H,4-5,9-10H2,(H,23,25)/t14-,15-/m0/s1. The van der Waals surface area contributed by atoms with Gasteiger partial charge in [0.05, 0.1) is 11.3 Å². The summed E-state index contributed by atoms with van der Waals surface area (Å²) in [5.74, 6) is -1.50. The Hall–Kier alpha value is -2.54. The van der Waals surface area contributed by atoms with Crippen molar-refractivity contribution in [3.05, 3.63) is 59.9 Å². The van der Waals surface area contributed by atoms with Crippen LogP contribution in [-0.2, 0) is 5.60 Å². The molecule has 0 saturated carbocycles. The van der Waals surface area contributed by atoms with Gasteiger partial charge in [-0.3, -0.25) is 4.98 Å². The van der Waals surface area contributed by atoms with Crippen molar-refractivity contribution in [2.24, 2.45) is 0 Å². The van der Waals surface area contributed by atoms with Gasteiger partial charge in [-0.05, 0) is 31.0 Å². The number of fused-ring (bicyclic) bond motifs is 2. The summed E-state index contributed by atoms with van der Waals surface area (Å²) in [4.78, 5) is 18.4. The maximum absolute atomic E-state index is 13.8. The molecule has 0 unspecified atom stereocenters. The SMILES string of the molecule is O=C(Nc1ccc(F)cc1F)N1[C@H]2CC[C@H]1CC(O)(c1cccnc1)C2. The van der Waals surface area contributed by atoms with E-state index in [0.29, 0.717) is 12.8 Å². The molecule has 26 heavy (non-hydrogen) atoms. The fourth-order valence-electron chi connectivity index (χ4n) is 4.20. The van der Waals surface area contributed by atoms with Crippen LogP contribution in [0.25, 0.3) is 0 Å². The number of anilines is 1. The molecule has 2 bridgehead atoms. The molecule has 5 nitrogen and oxygen atoms in total. The Balaban J connectivity index is 1.52. The summed E-state index contributed by atoms with van der Waals surface area (Å²) in [5, 5.41) is 13.6. The number of urea groups is 1. The highest BCUT2D eigenvalue weighted by molar-refractivity contribution is 5.90. The Labute approximate surface area is 149 Å². The highest BCUT2D eigenvalue weighted by Gasteiger charge is 2.50. The molecule has 2 saturated heterocycles. The molecule has 1 aromatic heterocycles. The number of piperidine rings is 1. The molecule has 2 aromatic rings. The van der Waals surface area contributed by atoms with Gasteiger partial charge in [0.1, 0.15) is 11.6 Å². The average molecular weight is 359 g/mol. The van der Waals surface area contributed by atoms with Crippen molar-refractivity contribution in [3.8, 4) is 0 Å². The zero-order valence-corrected chi connectivity index (χ0v) is 14.0. The molecule has 136 valence electrons. The lowest BCUT2D eigenvalue weighted by molar-refractivity contribution is -0.0425. The number of amides is 2. The molecule has 4 rings (SSSR count). The average Bonchev–Trinajstić information content (AvgIpc) is 2.90. The van der Waals surface area contributed by atoms with Gasteiger partial charge in [0, 0.05) is 48.9 Å². The number of nitrogens with one attached hydrogen (secondary N) is 1. The summed E-state index contributed by atoms with van der Waals surface area (Å²) < 4.78 is 26.8. The van der Waals surface area contributed by atoms with E-state index in [1.807, 2.05) is 6.07 Å². The highest BCUT2D eigenvalue weighted by Crippen LogP contribution is 2.45. The fourth-order valence-corrected chi connectivity index (χ4v) is 4.20. The Morgan fingerprint density at radius 2 is 1.96 bits per heavy atom. The third-order valence-electron chi connectivity index (χ3n) is 5.37. The third-order valence-corrected chi connectivity index (χ3v) is 5.37. The minimum atomic E-state index is -1.02. The van der Waals surface area contributed by atoms with Gasteiger partial charge in [-0.25, -0.2) is 13.6 Å². The summed E-state index contributed by atoms with van der Waals surface area (Å²) in [6.07, 6.45) is 5.70. The lowest BCUT2D eigenvalue weighted by atomic mass is 9.81. The van der Waals surface area contributed by atoms with Gasteiger partial charge in [-0.1, -0.05) is 6.07 Å². The van der Waals surface area contributed by atoms with E-state index in [1.165, 1.54) is 6.07 Å². The molecular weight excluding hydrogens is 340 g/mol. The number of benzene rings is 1. The Morgan fingerprint density at radius 3 is 2.58 bits per heavy atom. The lowest BCUT2D eigenvalue weighted by Crippen LogP contribution is -2.53. The molecule has 2 fully saturated rings. The zero-order valence-electron chi connectivity index (χ0n) is 14.0. The van der Waals surface area contributed by atoms with Crippen LogP contribution >= 0.6 is 0 Å². The van der Waals surface area contributed by atoms with Crippen LogP contribution in [0.3, 0.4) is 0 Å². The summed E-state index contributed by atoms with van der Waals surface area (Å²) in [6.45, 7) is 0. The van der Waals surface area contributed by atoms with Gasteiger partial charge < -0.3 is 15.3 Å². The molecule has 2 aliphatic heterocycles. The van der Waals surface area contributed by atoms with Gasteiger partial charge >= 0.3 is 6.03 Å². The van der Waals surface area contributed by atoms with Crippen LogP contribution in [-0.4, -0.2) is 33.1 Å². The number of rotatable bonds is 2. The first kappa shape index (κ1) is 16.9. The van der Waals surface area contributed by atoms with Crippen molar-refractivity contribution in [2.75, 3.05) is 5.32 Å². The van der Waals surface area contributed by atoms with E-state index < -0.39 is 23.3 Å². The van der Waals surface area contributed by atoms with Gasteiger partial charge in [-0.15, -0.1) is 0 Å². The van der Waals surface area contributed by atoms with E-state index in [-0.39, 0.29) is 17.8 Å². The van der Waals surface area contributed by atoms with E-state index in [9.17, 15) is 18.7 Å².